The predicted octanol–water partition coefficient (Wildman–Crippen LogP) is 3.87. The molecule has 0 fully saturated rings. The van der Waals surface area contributed by atoms with Crippen LogP contribution in [0.5, 0.6) is 11.5 Å². The van der Waals surface area contributed by atoms with Crippen molar-refractivity contribution in [2.45, 2.75) is 6.18 Å². The van der Waals surface area contributed by atoms with E-state index in [1.165, 1.54) is 37.4 Å². The van der Waals surface area contributed by atoms with Crippen molar-refractivity contribution in [1.29, 1.82) is 0 Å². The van der Waals surface area contributed by atoms with Crippen LogP contribution in [0.15, 0.2) is 42.5 Å². The Kier molecular flexibility index (Phi) is 4.25. The topological polar surface area (TPSA) is 61.5 Å². The molecule has 2 rings (SSSR count). The standard InChI is InChI=1S/C15H12F3NO3/c1-21-14(20)9-2-4-10(5-3-9)22-11-6-7-13(19)12(8-11)15(16,17)18/h2-8H,19H2,1H3. The van der Waals surface area contributed by atoms with Gasteiger partial charge in [-0.1, -0.05) is 0 Å². The lowest BCUT2D eigenvalue weighted by Gasteiger charge is -2.12. The number of anilines is 1. The Balaban J connectivity index is 2.22. The maximum absolute atomic E-state index is 12.8. The summed E-state index contributed by atoms with van der Waals surface area (Å²) < 4.78 is 48.2. The molecule has 22 heavy (non-hydrogen) atoms. The number of carbonyl (C=O) groups excluding carboxylic acids is 1. The number of hydrogen-bond acceptors (Lipinski definition) is 4. The van der Waals surface area contributed by atoms with Gasteiger partial charge < -0.3 is 15.2 Å². The summed E-state index contributed by atoms with van der Waals surface area (Å²) in [6.07, 6.45) is -4.56. The third-order valence-corrected chi connectivity index (χ3v) is 2.84. The second kappa shape index (κ2) is 5.97. The number of esters is 1. The fourth-order valence-corrected chi connectivity index (χ4v) is 1.76. The van der Waals surface area contributed by atoms with E-state index >= 15 is 0 Å². The van der Waals surface area contributed by atoms with E-state index in [0.29, 0.717) is 5.56 Å². The summed E-state index contributed by atoms with van der Waals surface area (Å²) in [5.41, 5.74) is 4.28. The number of nitrogen functional groups attached to an aromatic ring is 1. The maximum atomic E-state index is 12.8. The summed E-state index contributed by atoms with van der Waals surface area (Å²) in [5.74, 6) is -0.240. The third kappa shape index (κ3) is 3.49. The van der Waals surface area contributed by atoms with Crippen molar-refractivity contribution in [1.82, 2.24) is 0 Å². The van der Waals surface area contributed by atoms with Crippen molar-refractivity contribution < 1.29 is 27.4 Å². The van der Waals surface area contributed by atoms with Gasteiger partial charge in [0.1, 0.15) is 11.5 Å². The zero-order chi connectivity index (χ0) is 16.3. The molecule has 0 atom stereocenters. The van der Waals surface area contributed by atoms with E-state index in [2.05, 4.69) is 4.74 Å². The number of halogens is 3. The third-order valence-electron chi connectivity index (χ3n) is 2.84. The smallest absolute Gasteiger partial charge is 0.418 e. The zero-order valence-electron chi connectivity index (χ0n) is 11.5. The number of nitrogens with two attached hydrogens (primary N) is 1. The SMILES string of the molecule is COC(=O)c1ccc(Oc2ccc(N)c(C(F)(F)F)c2)cc1. The molecule has 4 nitrogen and oxygen atoms in total. The Morgan fingerprint density at radius 3 is 2.18 bits per heavy atom. The molecule has 7 heteroatoms. The Bertz CT molecular complexity index is 681. The van der Waals surface area contributed by atoms with Gasteiger partial charge in [0, 0.05) is 5.69 Å². The summed E-state index contributed by atoms with van der Waals surface area (Å²) in [4.78, 5) is 11.3. The molecular formula is C15H12F3NO3. The molecule has 0 bridgehead atoms. The van der Waals surface area contributed by atoms with Gasteiger partial charge >= 0.3 is 12.1 Å². The fraction of sp³-hybridized carbons (Fsp3) is 0.133. The van der Waals surface area contributed by atoms with Crippen LogP contribution >= 0.6 is 0 Å². The second-order valence-corrected chi connectivity index (χ2v) is 4.36. The number of carbonyl (C=O) groups is 1. The molecule has 2 aromatic carbocycles. The lowest BCUT2D eigenvalue weighted by molar-refractivity contribution is -0.137. The summed E-state index contributed by atoms with van der Waals surface area (Å²) >= 11 is 0. The molecule has 0 spiro atoms. The quantitative estimate of drug-likeness (QED) is 0.690. The van der Waals surface area contributed by atoms with E-state index in [-0.39, 0.29) is 17.2 Å². The maximum Gasteiger partial charge on any atom is 0.418 e. The molecule has 0 saturated heterocycles. The molecule has 0 saturated carbocycles. The van der Waals surface area contributed by atoms with Crippen LogP contribution in [-0.4, -0.2) is 13.1 Å². The molecule has 0 aliphatic heterocycles. The minimum absolute atomic E-state index is 0.00709. The van der Waals surface area contributed by atoms with Gasteiger partial charge in [0.25, 0.3) is 0 Å². The van der Waals surface area contributed by atoms with Crippen LogP contribution in [0.3, 0.4) is 0 Å². The Morgan fingerprint density at radius 2 is 1.64 bits per heavy atom. The van der Waals surface area contributed by atoms with Crippen molar-refractivity contribution in [3.63, 3.8) is 0 Å². The first-order valence-corrected chi connectivity index (χ1v) is 6.14. The first-order chi connectivity index (χ1) is 10.3. The Morgan fingerprint density at radius 1 is 1.05 bits per heavy atom. The molecule has 0 aliphatic rings. The summed E-state index contributed by atoms with van der Waals surface area (Å²) in [6.45, 7) is 0. The van der Waals surface area contributed by atoms with E-state index < -0.39 is 17.7 Å². The monoisotopic (exact) mass is 311 g/mol. The van der Waals surface area contributed by atoms with Crippen LogP contribution in [0.2, 0.25) is 0 Å². The number of alkyl halides is 3. The van der Waals surface area contributed by atoms with Crippen molar-refractivity contribution >= 4 is 11.7 Å². The molecule has 0 unspecified atom stereocenters. The Hall–Kier alpha value is -2.70. The summed E-state index contributed by atoms with van der Waals surface area (Å²) in [6, 6.07) is 9.08. The highest BCUT2D eigenvalue weighted by atomic mass is 19.4. The first kappa shape index (κ1) is 15.7. The highest BCUT2D eigenvalue weighted by Gasteiger charge is 2.33. The van der Waals surface area contributed by atoms with Crippen LogP contribution in [0, 0.1) is 0 Å². The average molecular weight is 311 g/mol. The van der Waals surface area contributed by atoms with E-state index in [9.17, 15) is 18.0 Å². The molecule has 0 aliphatic carbocycles. The molecule has 0 heterocycles. The first-order valence-electron chi connectivity index (χ1n) is 6.14. The molecule has 116 valence electrons. The van der Waals surface area contributed by atoms with Crippen LogP contribution in [0.1, 0.15) is 15.9 Å². The minimum atomic E-state index is -4.56. The van der Waals surface area contributed by atoms with Gasteiger partial charge in [-0.25, -0.2) is 4.79 Å². The summed E-state index contributed by atoms with van der Waals surface area (Å²) in [5, 5.41) is 0. The van der Waals surface area contributed by atoms with Crippen molar-refractivity contribution in [3.8, 4) is 11.5 Å². The number of ether oxygens (including phenoxy) is 2. The highest BCUT2D eigenvalue weighted by Crippen LogP contribution is 2.36. The van der Waals surface area contributed by atoms with Crippen molar-refractivity contribution in [2.75, 3.05) is 12.8 Å². The lowest BCUT2D eigenvalue weighted by Crippen LogP contribution is -2.08. The zero-order valence-corrected chi connectivity index (χ0v) is 11.5. The van der Waals surface area contributed by atoms with E-state index in [4.69, 9.17) is 10.5 Å². The van der Waals surface area contributed by atoms with E-state index in [1.807, 2.05) is 0 Å². The van der Waals surface area contributed by atoms with Crippen LogP contribution in [0.25, 0.3) is 0 Å². The molecule has 2 aromatic rings. The molecule has 2 N–H and O–H groups in total. The number of rotatable bonds is 3. The van der Waals surface area contributed by atoms with Gasteiger partial charge in [0.05, 0.1) is 18.2 Å². The predicted molar refractivity (Wildman–Crippen MR) is 73.7 cm³/mol. The van der Waals surface area contributed by atoms with E-state index in [0.717, 1.165) is 12.1 Å². The highest BCUT2D eigenvalue weighted by molar-refractivity contribution is 5.89. The van der Waals surface area contributed by atoms with Gasteiger partial charge in [0.15, 0.2) is 0 Å². The molecule has 0 radical (unpaired) electrons. The minimum Gasteiger partial charge on any atom is -0.465 e. The number of methoxy groups -OCH3 is 1. The van der Waals surface area contributed by atoms with Gasteiger partial charge in [-0.3, -0.25) is 0 Å². The van der Waals surface area contributed by atoms with Gasteiger partial charge in [-0.15, -0.1) is 0 Å². The molecular weight excluding hydrogens is 299 g/mol. The molecule has 0 aromatic heterocycles. The van der Waals surface area contributed by atoms with E-state index in [1.54, 1.807) is 0 Å². The Labute approximate surface area is 124 Å². The number of benzene rings is 2. The largest absolute Gasteiger partial charge is 0.465 e. The normalized spacial score (nSPS) is 11.1. The van der Waals surface area contributed by atoms with Gasteiger partial charge in [0.2, 0.25) is 0 Å². The van der Waals surface area contributed by atoms with Gasteiger partial charge in [-0.2, -0.15) is 13.2 Å². The van der Waals surface area contributed by atoms with Crippen LogP contribution < -0.4 is 10.5 Å². The average Bonchev–Trinajstić information content (AvgIpc) is 2.48. The lowest BCUT2D eigenvalue weighted by atomic mass is 10.1. The fourth-order valence-electron chi connectivity index (χ4n) is 1.76. The summed E-state index contributed by atoms with van der Waals surface area (Å²) in [7, 11) is 1.25. The van der Waals surface area contributed by atoms with Gasteiger partial charge in [-0.05, 0) is 42.5 Å². The second-order valence-electron chi connectivity index (χ2n) is 4.36. The van der Waals surface area contributed by atoms with Crippen molar-refractivity contribution in [2.24, 2.45) is 0 Å². The number of hydrogen-bond donors (Lipinski definition) is 1. The van der Waals surface area contributed by atoms with Crippen LogP contribution in [0.4, 0.5) is 18.9 Å². The van der Waals surface area contributed by atoms with Crippen LogP contribution in [-0.2, 0) is 10.9 Å². The molecule has 0 amide bonds. The van der Waals surface area contributed by atoms with Crippen molar-refractivity contribution in [3.05, 3.63) is 53.6 Å².